The van der Waals surface area contributed by atoms with Gasteiger partial charge in [-0.05, 0) is 30.1 Å². The molecule has 0 aromatic heterocycles. The van der Waals surface area contributed by atoms with Gasteiger partial charge in [0.2, 0.25) is 0 Å². The van der Waals surface area contributed by atoms with Gasteiger partial charge >= 0.3 is 0 Å². The highest BCUT2D eigenvalue weighted by molar-refractivity contribution is 7.99. The summed E-state index contributed by atoms with van der Waals surface area (Å²) in [6.07, 6.45) is 2.55. The molecule has 2 rings (SSSR count). The third-order valence-electron chi connectivity index (χ3n) is 3.28. The second kappa shape index (κ2) is 6.46. The molecular formula is C15H23NS. The lowest BCUT2D eigenvalue weighted by molar-refractivity contribution is 0.392. The predicted octanol–water partition coefficient (Wildman–Crippen LogP) is 3.87. The van der Waals surface area contributed by atoms with Crippen LogP contribution in [-0.2, 0) is 0 Å². The van der Waals surface area contributed by atoms with E-state index >= 15 is 0 Å². The number of hydrogen-bond acceptors (Lipinski definition) is 2. The van der Waals surface area contributed by atoms with Gasteiger partial charge in [0.25, 0.3) is 0 Å². The minimum Gasteiger partial charge on any atom is -0.306 e. The van der Waals surface area contributed by atoms with Crippen LogP contribution in [0.4, 0.5) is 0 Å². The van der Waals surface area contributed by atoms with Gasteiger partial charge in [0, 0.05) is 17.8 Å². The van der Waals surface area contributed by atoms with E-state index in [9.17, 15) is 0 Å². The summed E-state index contributed by atoms with van der Waals surface area (Å²) >= 11 is 2.08. The minimum absolute atomic E-state index is 0.528. The van der Waals surface area contributed by atoms with Crippen LogP contribution in [0.5, 0.6) is 0 Å². The quantitative estimate of drug-likeness (QED) is 0.850. The largest absolute Gasteiger partial charge is 0.306 e. The average Bonchev–Trinajstić information content (AvgIpc) is 2.82. The molecule has 2 atom stereocenters. The standard InChI is InChI=1S/C15H23NS/c1-12(2)10-15(13-6-4-3-5-7-13)16-14-8-9-17-11-14/h3-7,12,14-16H,8-11H2,1-2H3. The molecule has 0 amide bonds. The summed E-state index contributed by atoms with van der Waals surface area (Å²) in [5, 5.41) is 3.84. The molecule has 1 nitrogen and oxygen atoms in total. The summed E-state index contributed by atoms with van der Waals surface area (Å²) in [5.41, 5.74) is 1.44. The Bertz CT molecular complexity index is 317. The van der Waals surface area contributed by atoms with Crippen LogP contribution in [-0.4, -0.2) is 17.5 Å². The molecule has 1 heterocycles. The normalized spacial score (nSPS) is 21.9. The van der Waals surface area contributed by atoms with Gasteiger partial charge in [-0.3, -0.25) is 0 Å². The molecule has 17 heavy (non-hydrogen) atoms. The molecule has 1 aromatic rings. The fourth-order valence-corrected chi connectivity index (χ4v) is 3.57. The molecule has 94 valence electrons. The van der Waals surface area contributed by atoms with E-state index in [1.165, 1.54) is 29.9 Å². The highest BCUT2D eigenvalue weighted by Crippen LogP contribution is 2.25. The fourth-order valence-electron chi connectivity index (χ4n) is 2.41. The van der Waals surface area contributed by atoms with Gasteiger partial charge in [0.1, 0.15) is 0 Å². The molecule has 0 saturated carbocycles. The Balaban J connectivity index is 2.02. The lowest BCUT2D eigenvalue weighted by Crippen LogP contribution is -2.33. The summed E-state index contributed by atoms with van der Waals surface area (Å²) in [7, 11) is 0. The Hall–Kier alpha value is -0.470. The number of rotatable bonds is 5. The molecule has 0 spiro atoms. The zero-order valence-corrected chi connectivity index (χ0v) is 11.7. The van der Waals surface area contributed by atoms with Crippen LogP contribution in [0.15, 0.2) is 30.3 Å². The minimum atomic E-state index is 0.528. The molecule has 1 aliphatic rings. The van der Waals surface area contributed by atoms with Crippen molar-refractivity contribution in [1.82, 2.24) is 5.32 Å². The van der Waals surface area contributed by atoms with Crippen LogP contribution in [0.2, 0.25) is 0 Å². The number of thioether (sulfide) groups is 1. The van der Waals surface area contributed by atoms with Crippen LogP contribution in [0.3, 0.4) is 0 Å². The first kappa shape index (κ1) is 13.0. The molecule has 1 aromatic carbocycles. The van der Waals surface area contributed by atoms with Crippen molar-refractivity contribution in [2.75, 3.05) is 11.5 Å². The van der Waals surface area contributed by atoms with E-state index in [0.717, 1.165) is 5.92 Å². The van der Waals surface area contributed by atoms with Gasteiger partial charge in [0.05, 0.1) is 0 Å². The van der Waals surface area contributed by atoms with Gasteiger partial charge in [0.15, 0.2) is 0 Å². The third-order valence-corrected chi connectivity index (χ3v) is 4.44. The fraction of sp³-hybridized carbons (Fsp3) is 0.600. The predicted molar refractivity (Wildman–Crippen MR) is 77.5 cm³/mol. The van der Waals surface area contributed by atoms with Crippen LogP contribution < -0.4 is 5.32 Å². The van der Waals surface area contributed by atoms with Crippen molar-refractivity contribution in [3.63, 3.8) is 0 Å². The van der Waals surface area contributed by atoms with E-state index < -0.39 is 0 Å². The van der Waals surface area contributed by atoms with Gasteiger partial charge in [-0.2, -0.15) is 11.8 Å². The molecular weight excluding hydrogens is 226 g/mol. The van der Waals surface area contributed by atoms with Crippen LogP contribution in [0, 0.1) is 5.92 Å². The van der Waals surface area contributed by atoms with E-state index in [1.807, 2.05) is 0 Å². The van der Waals surface area contributed by atoms with E-state index in [-0.39, 0.29) is 0 Å². The molecule has 1 fully saturated rings. The van der Waals surface area contributed by atoms with Crippen molar-refractivity contribution in [3.05, 3.63) is 35.9 Å². The molecule has 0 bridgehead atoms. The molecule has 1 saturated heterocycles. The maximum absolute atomic E-state index is 3.84. The second-order valence-corrected chi connectivity index (χ2v) is 6.47. The smallest absolute Gasteiger partial charge is 0.0325 e. The highest BCUT2D eigenvalue weighted by atomic mass is 32.2. The second-order valence-electron chi connectivity index (χ2n) is 5.32. The van der Waals surface area contributed by atoms with Crippen molar-refractivity contribution in [1.29, 1.82) is 0 Å². The summed E-state index contributed by atoms with van der Waals surface area (Å²) in [6, 6.07) is 12.1. The Morgan fingerprint density at radius 2 is 2.06 bits per heavy atom. The Morgan fingerprint density at radius 1 is 1.29 bits per heavy atom. The van der Waals surface area contributed by atoms with Crippen LogP contribution in [0.25, 0.3) is 0 Å². The zero-order chi connectivity index (χ0) is 12.1. The Labute approximate surface area is 109 Å². The highest BCUT2D eigenvalue weighted by Gasteiger charge is 2.21. The van der Waals surface area contributed by atoms with E-state index in [4.69, 9.17) is 0 Å². The lowest BCUT2D eigenvalue weighted by Gasteiger charge is -2.24. The van der Waals surface area contributed by atoms with Crippen molar-refractivity contribution >= 4 is 11.8 Å². The van der Waals surface area contributed by atoms with Crippen molar-refractivity contribution in [2.45, 2.75) is 38.8 Å². The molecule has 0 radical (unpaired) electrons. The first-order chi connectivity index (χ1) is 8.25. The monoisotopic (exact) mass is 249 g/mol. The molecule has 2 unspecified atom stereocenters. The molecule has 1 N–H and O–H groups in total. The van der Waals surface area contributed by atoms with Crippen molar-refractivity contribution in [2.24, 2.45) is 5.92 Å². The topological polar surface area (TPSA) is 12.0 Å². The number of benzene rings is 1. The van der Waals surface area contributed by atoms with Gasteiger partial charge in [-0.1, -0.05) is 44.2 Å². The molecule has 0 aliphatic carbocycles. The van der Waals surface area contributed by atoms with Crippen LogP contribution in [0.1, 0.15) is 38.3 Å². The summed E-state index contributed by atoms with van der Waals surface area (Å²) < 4.78 is 0. The zero-order valence-electron chi connectivity index (χ0n) is 10.9. The van der Waals surface area contributed by atoms with Gasteiger partial charge in [-0.15, -0.1) is 0 Å². The SMILES string of the molecule is CC(C)CC(NC1CCSC1)c1ccccc1. The number of nitrogens with one attached hydrogen (secondary N) is 1. The van der Waals surface area contributed by atoms with Crippen molar-refractivity contribution < 1.29 is 0 Å². The average molecular weight is 249 g/mol. The van der Waals surface area contributed by atoms with Crippen molar-refractivity contribution in [3.8, 4) is 0 Å². The number of hydrogen-bond donors (Lipinski definition) is 1. The van der Waals surface area contributed by atoms with E-state index in [0.29, 0.717) is 12.1 Å². The summed E-state index contributed by atoms with van der Waals surface area (Å²) in [6.45, 7) is 4.61. The maximum Gasteiger partial charge on any atom is 0.0325 e. The maximum atomic E-state index is 3.84. The summed E-state index contributed by atoms with van der Waals surface area (Å²) in [5.74, 6) is 3.34. The lowest BCUT2D eigenvalue weighted by atomic mass is 9.96. The molecule has 2 heteroatoms. The first-order valence-electron chi connectivity index (χ1n) is 6.64. The first-order valence-corrected chi connectivity index (χ1v) is 7.80. The van der Waals surface area contributed by atoms with Gasteiger partial charge in [-0.25, -0.2) is 0 Å². The van der Waals surface area contributed by atoms with Crippen LogP contribution >= 0.6 is 11.8 Å². The Kier molecular flexibility index (Phi) is 4.93. The van der Waals surface area contributed by atoms with Gasteiger partial charge < -0.3 is 5.32 Å². The third kappa shape index (κ3) is 4.04. The molecule has 1 aliphatic heterocycles. The summed E-state index contributed by atoms with van der Waals surface area (Å²) in [4.78, 5) is 0. The van der Waals surface area contributed by atoms with E-state index in [1.54, 1.807) is 0 Å². The van der Waals surface area contributed by atoms with E-state index in [2.05, 4.69) is 61.3 Å². The Morgan fingerprint density at radius 3 is 2.65 bits per heavy atom.